The maximum absolute atomic E-state index is 9.37. The lowest BCUT2D eigenvalue weighted by atomic mass is 10.1. The van der Waals surface area contributed by atoms with E-state index in [4.69, 9.17) is 0 Å². The molecule has 20 heavy (non-hydrogen) atoms. The number of para-hydroxylation sites is 2. The second-order valence-corrected chi connectivity index (χ2v) is 5.38. The molecule has 0 aromatic heterocycles. The topological polar surface area (TPSA) is 39.1 Å². The van der Waals surface area contributed by atoms with Gasteiger partial charge in [-0.25, -0.2) is 0 Å². The van der Waals surface area contributed by atoms with Crippen LogP contribution in [0.4, 0.5) is 17.1 Å². The summed E-state index contributed by atoms with van der Waals surface area (Å²) in [6, 6.07) is 16.2. The quantitative estimate of drug-likeness (QED) is 0.858. The number of anilines is 3. The lowest BCUT2D eigenvalue weighted by Crippen LogP contribution is -2.11. The van der Waals surface area contributed by atoms with Crippen LogP contribution in [-0.4, -0.2) is 20.4 Å². The Morgan fingerprint density at radius 3 is 2.40 bits per heavy atom. The smallest absolute Gasteiger partial charge is 0.103 e. The third-order valence-electron chi connectivity index (χ3n) is 3.01. The molecule has 102 valence electrons. The molecule has 2 rings (SSSR count). The van der Waals surface area contributed by atoms with Gasteiger partial charge in [-0.1, -0.05) is 18.2 Å². The van der Waals surface area contributed by atoms with E-state index in [1.807, 2.05) is 67.7 Å². The molecule has 2 aromatic rings. The first kappa shape index (κ1) is 14.3. The van der Waals surface area contributed by atoms with Crippen molar-refractivity contribution < 1.29 is 0 Å². The van der Waals surface area contributed by atoms with Crippen LogP contribution in [0.3, 0.4) is 0 Å². The van der Waals surface area contributed by atoms with Gasteiger partial charge in [-0.2, -0.15) is 5.26 Å². The molecule has 0 aliphatic heterocycles. The highest BCUT2D eigenvalue weighted by atomic mass is 32.2. The van der Waals surface area contributed by atoms with Gasteiger partial charge >= 0.3 is 0 Å². The molecule has 0 fully saturated rings. The van der Waals surface area contributed by atoms with Crippen LogP contribution >= 0.6 is 11.8 Å². The third kappa shape index (κ3) is 2.89. The van der Waals surface area contributed by atoms with Crippen LogP contribution < -0.4 is 10.2 Å². The highest BCUT2D eigenvalue weighted by Gasteiger charge is 2.10. The van der Waals surface area contributed by atoms with Gasteiger partial charge in [-0.3, -0.25) is 0 Å². The molecule has 0 saturated carbocycles. The molecule has 0 spiro atoms. The Bertz CT molecular complexity index is 644. The van der Waals surface area contributed by atoms with Crippen molar-refractivity contribution in [1.29, 1.82) is 5.26 Å². The number of nitrogens with zero attached hydrogens (tertiary/aromatic N) is 2. The Morgan fingerprint density at radius 2 is 1.75 bits per heavy atom. The first-order chi connectivity index (χ1) is 9.67. The Morgan fingerprint density at radius 1 is 1.05 bits per heavy atom. The van der Waals surface area contributed by atoms with Crippen LogP contribution in [0.1, 0.15) is 5.56 Å². The van der Waals surface area contributed by atoms with Crippen molar-refractivity contribution in [3.63, 3.8) is 0 Å². The lowest BCUT2D eigenvalue weighted by Gasteiger charge is -2.19. The minimum atomic E-state index is 0.688. The zero-order chi connectivity index (χ0) is 14.5. The summed E-state index contributed by atoms with van der Waals surface area (Å²) in [5.74, 6) is 0. The highest BCUT2D eigenvalue weighted by Crippen LogP contribution is 2.32. The molecule has 0 aliphatic rings. The summed E-state index contributed by atoms with van der Waals surface area (Å²) in [4.78, 5) is 3.03. The van der Waals surface area contributed by atoms with Crippen molar-refractivity contribution >= 4 is 28.8 Å². The number of thioether (sulfide) groups is 1. The molecular formula is C16H17N3S. The van der Waals surface area contributed by atoms with Crippen molar-refractivity contribution in [1.82, 2.24) is 0 Å². The van der Waals surface area contributed by atoms with Crippen molar-refractivity contribution in [2.24, 2.45) is 0 Å². The van der Waals surface area contributed by atoms with Crippen LogP contribution in [0.25, 0.3) is 0 Å². The number of benzene rings is 2. The molecule has 1 N–H and O–H groups in total. The average molecular weight is 283 g/mol. The zero-order valence-corrected chi connectivity index (χ0v) is 12.7. The Labute approximate surface area is 124 Å². The van der Waals surface area contributed by atoms with E-state index in [1.165, 1.54) is 0 Å². The fourth-order valence-electron chi connectivity index (χ4n) is 2.04. The molecule has 0 radical (unpaired) electrons. The van der Waals surface area contributed by atoms with Crippen molar-refractivity contribution in [2.75, 3.05) is 30.6 Å². The van der Waals surface area contributed by atoms with Gasteiger partial charge in [0.05, 0.1) is 22.6 Å². The monoisotopic (exact) mass is 283 g/mol. The second-order valence-electron chi connectivity index (χ2n) is 4.53. The van der Waals surface area contributed by atoms with E-state index >= 15 is 0 Å². The van der Waals surface area contributed by atoms with E-state index in [2.05, 4.69) is 11.4 Å². The summed E-state index contributed by atoms with van der Waals surface area (Å²) in [5.41, 5.74) is 3.61. The lowest BCUT2D eigenvalue weighted by molar-refractivity contribution is 1.13. The maximum Gasteiger partial charge on any atom is 0.103 e. The first-order valence-corrected chi connectivity index (χ1v) is 7.50. The molecule has 3 nitrogen and oxygen atoms in total. The van der Waals surface area contributed by atoms with Crippen LogP contribution in [0.15, 0.2) is 47.4 Å². The molecule has 0 aliphatic carbocycles. The van der Waals surface area contributed by atoms with E-state index in [9.17, 15) is 5.26 Å². The van der Waals surface area contributed by atoms with E-state index in [0.29, 0.717) is 5.56 Å². The van der Waals surface area contributed by atoms with Gasteiger partial charge < -0.3 is 10.2 Å². The Hall–Kier alpha value is -2.12. The molecular weight excluding hydrogens is 266 g/mol. The van der Waals surface area contributed by atoms with Crippen LogP contribution in [0, 0.1) is 11.3 Å². The van der Waals surface area contributed by atoms with Crippen molar-refractivity contribution in [3.8, 4) is 6.07 Å². The van der Waals surface area contributed by atoms with Crippen LogP contribution in [0.5, 0.6) is 0 Å². The van der Waals surface area contributed by atoms with E-state index in [-0.39, 0.29) is 0 Å². The standard InChI is InChI=1S/C16H17N3S/c1-19(2)15-9-5-4-7-14(15)18-13-8-6-10-16(20-3)12(13)11-17/h4-10,18H,1-3H3. The Balaban J connectivity index is 2.44. The van der Waals surface area contributed by atoms with E-state index in [1.54, 1.807) is 11.8 Å². The highest BCUT2D eigenvalue weighted by molar-refractivity contribution is 7.98. The van der Waals surface area contributed by atoms with Crippen LogP contribution in [0.2, 0.25) is 0 Å². The first-order valence-electron chi connectivity index (χ1n) is 6.28. The summed E-state index contributed by atoms with van der Waals surface area (Å²) in [5, 5.41) is 12.7. The molecule has 0 bridgehead atoms. The summed E-state index contributed by atoms with van der Waals surface area (Å²) in [6.45, 7) is 0. The molecule has 0 heterocycles. The van der Waals surface area contributed by atoms with Gasteiger partial charge in [0.2, 0.25) is 0 Å². The predicted molar refractivity (Wildman–Crippen MR) is 87.0 cm³/mol. The molecule has 2 aromatic carbocycles. The maximum atomic E-state index is 9.37. The number of hydrogen-bond donors (Lipinski definition) is 1. The number of nitrogens with one attached hydrogen (secondary N) is 1. The summed E-state index contributed by atoms with van der Waals surface area (Å²) in [6.07, 6.45) is 1.98. The molecule has 0 unspecified atom stereocenters. The summed E-state index contributed by atoms with van der Waals surface area (Å²) >= 11 is 1.58. The van der Waals surface area contributed by atoms with Gasteiger partial charge in [0.1, 0.15) is 6.07 Å². The third-order valence-corrected chi connectivity index (χ3v) is 3.79. The van der Waals surface area contributed by atoms with Gasteiger partial charge in [-0.05, 0) is 30.5 Å². The van der Waals surface area contributed by atoms with Gasteiger partial charge in [0.25, 0.3) is 0 Å². The van der Waals surface area contributed by atoms with Gasteiger partial charge in [-0.15, -0.1) is 11.8 Å². The summed E-state index contributed by atoms with van der Waals surface area (Å²) < 4.78 is 0. The van der Waals surface area contributed by atoms with Gasteiger partial charge in [0, 0.05) is 19.0 Å². The molecule has 0 amide bonds. The minimum absolute atomic E-state index is 0.688. The number of nitriles is 1. The fourth-order valence-corrected chi connectivity index (χ4v) is 2.61. The molecule has 4 heteroatoms. The van der Waals surface area contributed by atoms with E-state index in [0.717, 1.165) is 22.0 Å². The predicted octanol–water partition coefficient (Wildman–Crippen LogP) is 4.09. The largest absolute Gasteiger partial charge is 0.376 e. The second kappa shape index (κ2) is 6.36. The van der Waals surface area contributed by atoms with Crippen molar-refractivity contribution in [3.05, 3.63) is 48.0 Å². The fraction of sp³-hybridized carbons (Fsp3) is 0.188. The van der Waals surface area contributed by atoms with Gasteiger partial charge in [0.15, 0.2) is 0 Å². The average Bonchev–Trinajstić information content (AvgIpc) is 2.47. The minimum Gasteiger partial charge on any atom is -0.376 e. The van der Waals surface area contributed by atoms with Crippen molar-refractivity contribution in [2.45, 2.75) is 4.90 Å². The zero-order valence-electron chi connectivity index (χ0n) is 11.8. The Kier molecular flexibility index (Phi) is 4.54. The van der Waals surface area contributed by atoms with Crippen LogP contribution in [-0.2, 0) is 0 Å². The normalized spacial score (nSPS) is 9.90. The number of hydrogen-bond acceptors (Lipinski definition) is 4. The summed E-state index contributed by atoms with van der Waals surface area (Å²) in [7, 11) is 4.01. The number of rotatable bonds is 4. The van der Waals surface area contributed by atoms with E-state index < -0.39 is 0 Å². The molecule has 0 saturated heterocycles. The molecule has 0 atom stereocenters. The SMILES string of the molecule is CSc1cccc(Nc2ccccc2N(C)C)c1C#N.